The van der Waals surface area contributed by atoms with E-state index in [0.717, 1.165) is 22.3 Å². The van der Waals surface area contributed by atoms with Gasteiger partial charge in [0.15, 0.2) is 5.82 Å². The first-order chi connectivity index (χ1) is 16.6. The molecule has 0 aliphatic heterocycles. The number of nitrogens with one attached hydrogen (secondary N) is 2. The summed E-state index contributed by atoms with van der Waals surface area (Å²) in [5, 5.41) is 3.95. The lowest BCUT2D eigenvalue weighted by molar-refractivity contribution is -0.345. The fourth-order valence-electron chi connectivity index (χ4n) is 4.99. The zero-order valence-corrected chi connectivity index (χ0v) is 19.6. The predicted octanol–water partition coefficient (Wildman–Crippen LogP) is 6.26. The molecular formula is C24H26F4N6O. The van der Waals surface area contributed by atoms with Crippen molar-refractivity contribution < 1.29 is 22.3 Å². The molecule has 0 saturated heterocycles. The Morgan fingerprint density at radius 3 is 2.57 bits per heavy atom. The van der Waals surface area contributed by atoms with Crippen LogP contribution in [0.2, 0.25) is 0 Å². The van der Waals surface area contributed by atoms with E-state index in [-0.39, 0.29) is 12.1 Å². The van der Waals surface area contributed by atoms with Gasteiger partial charge in [-0.05, 0) is 64.2 Å². The largest absolute Gasteiger partial charge is 0.522 e. The van der Waals surface area contributed by atoms with Crippen LogP contribution < -0.4 is 5.32 Å². The normalized spacial score (nSPS) is 19.2. The number of rotatable bonds is 5. The van der Waals surface area contributed by atoms with Gasteiger partial charge in [-0.15, -0.1) is 13.2 Å². The molecule has 7 nitrogen and oxygen atoms in total. The highest BCUT2D eigenvalue weighted by Gasteiger charge is 2.35. The smallest absolute Gasteiger partial charge is 0.351 e. The lowest BCUT2D eigenvalue weighted by Gasteiger charge is -2.29. The molecule has 1 aromatic carbocycles. The summed E-state index contributed by atoms with van der Waals surface area (Å²) in [7, 11) is 0. The third-order valence-electron chi connectivity index (χ3n) is 6.49. The van der Waals surface area contributed by atoms with E-state index in [9.17, 15) is 17.6 Å². The number of H-pyrrole nitrogens is 1. The van der Waals surface area contributed by atoms with Gasteiger partial charge in [-0.2, -0.15) is 4.98 Å². The molecule has 1 aliphatic rings. The van der Waals surface area contributed by atoms with Crippen LogP contribution >= 0.6 is 0 Å². The van der Waals surface area contributed by atoms with Gasteiger partial charge < -0.3 is 14.9 Å². The van der Waals surface area contributed by atoms with Crippen molar-refractivity contribution in [3.8, 4) is 11.1 Å². The number of ether oxygens (including phenoxy) is 1. The number of anilines is 1. The van der Waals surface area contributed by atoms with Crippen molar-refractivity contribution in [1.82, 2.24) is 24.5 Å². The van der Waals surface area contributed by atoms with Gasteiger partial charge in [-0.3, -0.25) is 4.74 Å². The molecule has 1 saturated carbocycles. The number of alkyl halides is 3. The second-order valence-corrected chi connectivity index (χ2v) is 9.29. The number of benzene rings is 1. The molecule has 0 radical (unpaired) electrons. The minimum Gasteiger partial charge on any atom is -0.351 e. The van der Waals surface area contributed by atoms with E-state index in [4.69, 9.17) is 0 Å². The van der Waals surface area contributed by atoms with E-state index in [1.807, 2.05) is 31.4 Å². The van der Waals surface area contributed by atoms with Crippen molar-refractivity contribution in [2.24, 2.45) is 0 Å². The van der Waals surface area contributed by atoms with Gasteiger partial charge >= 0.3 is 6.36 Å². The third-order valence-corrected chi connectivity index (χ3v) is 6.49. The fourth-order valence-corrected chi connectivity index (χ4v) is 4.99. The topological polar surface area (TPSA) is 80.7 Å². The molecule has 0 bridgehead atoms. The number of hydrogen-bond acceptors (Lipinski definition) is 5. The molecule has 2 N–H and O–H groups in total. The fraction of sp³-hybridized carbons (Fsp3) is 0.458. The molecule has 186 valence electrons. The molecule has 1 aliphatic carbocycles. The van der Waals surface area contributed by atoms with Crippen LogP contribution in [-0.4, -0.2) is 43.0 Å². The maximum atomic E-state index is 14.9. The second kappa shape index (κ2) is 8.78. The van der Waals surface area contributed by atoms with Gasteiger partial charge in [0.1, 0.15) is 17.0 Å². The molecular weight excluding hydrogens is 464 g/mol. The summed E-state index contributed by atoms with van der Waals surface area (Å²) in [4.78, 5) is 16.5. The number of aromatic amines is 1. The molecule has 0 unspecified atom stereocenters. The monoisotopic (exact) mass is 490 g/mol. The average Bonchev–Trinajstić information content (AvgIpc) is 3.34. The first-order valence-electron chi connectivity index (χ1n) is 11.6. The van der Waals surface area contributed by atoms with Crippen LogP contribution in [0.15, 0.2) is 24.5 Å². The summed E-state index contributed by atoms with van der Waals surface area (Å²) in [5.74, 6) is 0.753. The second-order valence-electron chi connectivity index (χ2n) is 9.29. The number of aryl methyl sites for hydroxylation is 1. The van der Waals surface area contributed by atoms with Gasteiger partial charge in [0.25, 0.3) is 0 Å². The van der Waals surface area contributed by atoms with Crippen LogP contribution in [0.3, 0.4) is 0 Å². The van der Waals surface area contributed by atoms with Gasteiger partial charge in [0, 0.05) is 35.4 Å². The van der Waals surface area contributed by atoms with E-state index in [0.29, 0.717) is 48.4 Å². The summed E-state index contributed by atoms with van der Waals surface area (Å²) in [6.07, 6.45) is -0.296. The van der Waals surface area contributed by atoms with E-state index < -0.39 is 18.3 Å². The maximum absolute atomic E-state index is 14.9. The third kappa shape index (κ3) is 4.69. The molecule has 0 spiro atoms. The standard InChI is InChI=1S/C24H26F4N6O/c1-12(2)34-13(3)31-21-19(25)8-14(9-20(21)34)17-10-29-22-18(17)11-30-23(33-22)32-15-4-6-16(7-5-15)35-24(26,27)28/h8-12,15-16H,4-7H2,1-3H3,(H2,29,30,32,33)/t15-,16+. The lowest BCUT2D eigenvalue weighted by atomic mass is 9.93. The summed E-state index contributed by atoms with van der Waals surface area (Å²) in [6, 6.07) is 3.49. The summed E-state index contributed by atoms with van der Waals surface area (Å²) < 4.78 is 58.4. The lowest BCUT2D eigenvalue weighted by Crippen LogP contribution is -2.33. The molecule has 35 heavy (non-hydrogen) atoms. The Morgan fingerprint density at radius 1 is 1.14 bits per heavy atom. The summed E-state index contributed by atoms with van der Waals surface area (Å²) in [6.45, 7) is 5.92. The van der Waals surface area contributed by atoms with Crippen LogP contribution in [0.5, 0.6) is 0 Å². The Hall–Kier alpha value is -3.21. The van der Waals surface area contributed by atoms with Crippen molar-refractivity contribution in [1.29, 1.82) is 0 Å². The molecule has 0 amide bonds. The molecule has 3 heterocycles. The van der Waals surface area contributed by atoms with Gasteiger partial charge in [0.05, 0.1) is 11.6 Å². The first kappa shape index (κ1) is 23.5. The molecule has 1 fully saturated rings. The summed E-state index contributed by atoms with van der Waals surface area (Å²) >= 11 is 0. The zero-order chi connectivity index (χ0) is 24.9. The number of aromatic nitrogens is 5. The predicted molar refractivity (Wildman–Crippen MR) is 125 cm³/mol. The number of fused-ring (bicyclic) bond motifs is 2. The van der Waals surface area contributed by atoms with Crippen LogP contribution in [0.4, 0.5) is 23.5 Å². The number of imidazole rings is 1. The van der Waals surface area contributed by atoms with Crippen molar-refractivity contribution in [3.05, 3.63) is 36.2 Å². The Kier molecular flexibility index (Phi) is 5.90. The number of halogens is 4. The van der Waals surface area contributed by atoms with Gasteiger partial charge in [-0.25, -0.2) is 14.4 Å². The Labute approximate surface area is 198 Å². The SMILES string of the molecule is Cc1nc2c(F)cc(-c3c[nH]c4nc(N[C@H]5CC[C@@H](OC(F)(F)F)CC5)ncc34)cc2n1C(C)C. The molecule has 5 rings (SSSR count). The van der Waals surface area contributed by atoms with Crippen molar-refractivity contribution >= 4 is 28.0 Å². The average molecular weight is 491 g/mol. The molecule has 3 aromatic heterocycles. The first-order valence-corrected chi connectivity index (χ1v) is 11.6. The van der Waals surface area contributed by atoms with Gasteiger partial charge in [-0.1, -0.05) is 0 Å². The highest BCUT2D eigenvalue weighted by Crippen LogP contribution is 2.34. The van der Waals surface area contributed by atoms with E-state index in [1.54, 1.807) is 12.4 Å². The number of hydrogen-bond donors (Lipinski definition) is 2. The Balaban J connectivity index is 1.37. The van der Waals surface area contributed by atoms with Crippen molar-refractivity contribution in [2.75, 3.05) is 5.32 Å². The minimum absolute atomic E-state index is 0.0361. The quantitative estimate of drug-likeness (QED) is 0.323. The van der Waals surface area contributed by atoms with Crippen LogP contribution in [0.25, 0.3) is 33.2 Å². The Morgan fingerprint density at radius 2 is 1.89 bits per heavy atom. The Bertz CT molecular complexity index is 1370. The maximum Gasteiger partial charge on any atom is 0.522 e. The van der Waals surface area contributed by atoms with E-state index in [2.05, 4.69) is 30.0 Å². The van der Waals surface area contributed by atoms with Crippen LogP contribution in [0, 0.1) is 12.7 Å². The highest BCUT2D eigenvalue weighted by molar-refractivity contribution is 5.96. The van der Waals surface area contributed by atoms with E-state index >= 15 is 0 Å². The molecule has 11 heteroatoms. The molecule has 4 aromatic rings. The minimum atomic E-state index is -4.61. The summed E-state index contributed by atoms with van der Waals surface area (Å²) in [5.41, 5.74) is 3.12. The molecule has 0 atom stereocenters. The van der Waals surface area contributed by atoms with Crippen molar-refractivity contribution in [3.63, 3.8) is 0 Å². The number of nitrogens with zero attached hydrogens (tertiary/aromatic N) is 4. The van der Waals surface area contributed by atoms with E-state index in [1.165, 1.54) is 6.07 Å². The van der Waals surface area contributed by atoms with Crippen LogP contribution in [-0.2, 0) is 4.74 Å². The van der Waals surface area contributed by atoms with Gasteiger partial charge in [0.2, 0.25) is 5.95 Å². The van der Waals surface area contributed by atoms with Crippen molar-refractivity contribution in [2.45, 2.75) is 71.0 Å². The zero-order valence-electron chi connectivity index (χ0n) is 19.6. The van der Waals surface area contributed by atoms with Crippen LogP contribution in [0.1, 0.15) is 51.4 Å². The highest BCUT2D eigenvalue weighted by atomic mass is 19.4.